The Balaban J connectivity index is 0.000000200. The summed E-state index contributed by atoms with van der Waals surface area (Å²) >= 11 is 0. The van der Waals surface area contributed by atoms with Crippen molar-refractivity contribution < 1.29 is 29.3 Å². The van der Waals surface area contributed by atoms with Crippen molar-refractivity contribution in [2.75, 3.05) is 0 Å². The molecule has 0 saturated carbocycles. The lowest BCUT2D eigenvalue weighted by molar-refractivity contribution is 0.247. The summed E-state index contributed by atoms with van der Waals surface area (Å²) < 4.78 is 9.47. The Morgan fingerprint density at radius 3 is 0.967 bits per heavy atom. The zero-order chi connectivity index (χ0) is 21.9. The van der Waals surface area contributed by atoms with E-state index >= 15 is 0 Å². The summed E-state index contributed by atoms with van der Waals surface area (Å²) in [6.07, 6.45) is 3.07. The molecule has 0 aliphatic carbocycles. The van der Waals surface area contributed by atoms with Gasteiger partial charge in [-0.1, -0.05) is 60.7 Å². The van der Waals surface area contributed by atoms with Crippen molar-refractivity contribution in [2.45, 2.75) is 26.4 Å². The Bertz CT molecular complexity index is 754. The fraction of sp³-hybridized carbons (Fsp3) is 0.167. The average molecular weight is 412 g/mol. The lowest BCUT2D eigenvalue weighted by Gasteiger charge is -1.89. The summed E-state index contributed by atoms with van der Waals surface area (Å²) in [5.74, 6) is 1.22. The molecule has 0 bridgehead atoms. The smallest absolute Gasteiger partial charge is 0.129 e. The predicted molar refractivity (Wildman–Crippen MR) is 114 cm³/mol. The van der Waals surface area contributed by atoms with E-state index in [9.17, 15) is 0 Å². The summed E-state index contributed by atoms with van der Waals surface area (Å²) in [5, 5.41) is 33.7. The number of furan rings is 2. The highest BCUT2D eigenvalue weighted by Gasteiger charge is 1.86. The molecule has 0 radical (unpaired) electrons. The van der Waals surface area contributed by atoms with E-state index in [1.807, 2.05) is 60.7 Å². The van der Waals surface area contributed by atoms with Gasteiger partial charge in [-0.25, -0.2) is 0 Å². The van der Waals surface area contributed by atoms with Crippen LogP contribution in [0.1, 0.15) is 22.6 Å². The Hall–Kier alpha value is -3.16. The first-order valence-corrected chi connectivity index (χ1v) is 9.29. The molecule has 0 saturated heterocycles. The second kappa shape index (κ2) is 16.8. The first-order chi connectivity index (χ1) is 14.7. The molecule has 4 rings (SSSR count). The highest BCUT2D eigenvalue weighted by Crippen LogP contribution is 1.98. The molecule has 2 aromatic heterocycles. The first-order valence-electron chi connectivity index (χ1n) is 9.29. The number of hydrogen-bond donors (Lipinski definition) is 4. The maximum absolute atomic E-state index is 8.54. The molecule has 0 spiro atoms. The van der Waals surface area contributed by atoms with Crippen LogP contribution < -0.4 is 0 Å². The summed E-state index contributed by atoms with van der Waals surface area (Å²) in [6, 6.07) is 26.0. The van der Waals surface area contributed by atoms with Crippen molar-refractivity contribution in [3.63, 3.8) is 0 Å². The van der Waals surface area contributed by atoms with Crippen molar-refractivity contribution in [3.8, 4) is 0 Å². The highest BCUT2D eigenvalue weighted by molar-refractivity contribution is 5.13. The summed E-state index contributed by atoms with van der Waals surface area (Å²) in [6.45, 7) is 0.266. The van der Waals surface area contributed by atoms with Crippen LogP contribution in [-0.4, -0.2) is 20.4 Å². The van der Waals surface area contributed by atoms with Crippen LogP contribution >= 0.6 is 0 Å². The van der Waals surface area contributed by atoms with E-state index < -0.39 is 0 Å². The summed E-state index contributed by atoms with van der Waals surface area (Å²) in [5.41, 5.74) is 1.93. The Morgan fingerprint density at radius 1 is 0.433 bits per heavy atom. The fourth-order valence-corrected chi connectivity index (χ4v) is 1.97. The lowest BCUT2D eigenvalue weighted by atomic mass is 10.2. The summed E-state index contributed by atoms with van der Waals surface area (Å²) in [4.78, 5) is 0. The van der Waals surface area contributed by atoms with Crippen LogP contribution in [0, 0.1) is 0 Å². The van der Waals surface area contributed by atoms with Crippen LogP contribution in [-0.2, 0) is 26.4 Å². The molecule has 2 aromatic carbocycles. The minimum absolute atomic E-state index is 0.00694. The first kappa shape index (κ1) is 24.9. The second-order valence-electron chi connectivity index (χ2n) is 5.76. The van der Waals surface area contributed by atoms with Crippen molar-refractivity contribution in [3.05, 3.63) is 120 Å². The van der Waals surface area contributed by atoms with E-state index in [4.69, 9.17) is 29.3 Å². The normalized spacial score (nSPS) is 9.20. The topological polar surface area (TPSA) is 107 Å². The molecule has 0 atom stereocenters. The van der Waals surface area contributed by atoms with Gasteiger partial charge in [-0.3, -0.25) is 0 Å². The van der Waals surface area contributed by atoms with Crippen LogP contribution in [0.5, 0.6) is 0 Å². The van der Waals surface area contributed by atoms with Gasteiger partial charge in [0.2, 0.25) is 0 Å². The number of hydrogen-bond acceptors (Lipinski definition) is 6. The van der Waals surface area contributed by atoms with Crippen molar-refractivity contribution in [1.82, 2.24) is 0 Å². The Kier molecular flexibility index (Phi) is 13.9. The maximum atomic E-state index is 8.54. The van der Waals surface area contributed by atoms with E-state index in [0.29, 0.717) is 11.5 Å². The van der Waals surface area contributed by atoms with Crippen LogP contribution in [0.25, 0.3) is 0 Å². The molecule has 6 heteroatoms. The van der Waals surface area contributed by atoms with Crippen molar-refractivity contribution in [2.24, 2.45) is 0 Å². The minimum atomic E-state index is -0.00694. The van der Waals surface area contributed by atoms with E-state index in [1.165, 1.54) is 12.5 Å². The van der Waals surface area contributed by atoms with Gasteiger partial charge in [0.15, 0.2) is 0 Å². The van der Waals surface area contributed by atoms with Gasteiger partial charge < -0.3 is 29.3 Å². The molecule has 2 heterocycles. The van der Waals surface area contributed by atoms with Crippen molar-refractivity contribution >= 4 is 0 Å². The van der Waals surface area contributed by atoms with Crippen LogP contribution in [0.15, 0.2) is 106 Å². The average Bonchev–Trinajstić information content (AvgIpc) is 3.55. The third-order valence-corrected chi connectivity index (χ3v) is 3.52. The van der Waals surface area contributed by atoms with Crippen LogP contribution in [0.3, 0.4) is 0 Å². The Labute approximate surface area is 176 Å². The predicted octanol–water partition coefficient (Wildman–Crippen LogP) is 3.90. The van der Waals surface area contributed by atoms with Gasteiger partial charge in [-0.2, -0.15) is 0 Å². The molecule has 0 aliphatic rings. The number of aliphatic hydroxyl groups excluding tert-OH is 4. The van der Waals surface area contributed by atoms with Crippen molar-refractivity contribution in [1.29, 1.82) is 0 Å². The zero-order valence-electron chi connectivity index (χ0n) is 16.7. The molecular weight excluding hydrogens is 384 g/mol. The zero-order valence-corrected chi connectivity index (χ0v) is 16.7. The highest BCUT2D eigenvalue weighted by atomic mass is 16.4. The van der Waals surface area contributed by atoms with E-state index in [-0.39, 0.29) is 26.4 Å². The number of aliphatic hydroxyl groups is 4. The molecule has 0 aliphatic heterocycles. The van der Waals surface area contributed by atoms with E-state index in [1.54, 1.807) is 24.3 Å². The van der Waals surface area contributed by atoms with Gasteiger partial charge in [0, 0.05) is 0 Å². The van der Waals surface area contributed by atoms with Gasteiger partial charge in [-0.15, -0.1) is 0 Å². The maximum Gasteiger partial charge on any atom is 0.129 e. The number of benzene rings is 2. The monoisotopic (exact) mass is 412 g/mol. The lowest BCUT2D eigenvalue weighted by Crippen LogP contribution is -1.77. The fourth-order valence-electron chi connectivity index (χ4n) is 1.97. The largest absolute Gasteiger partial charge is 0.467 e. The van der Waals surface area contributed by atoms with Gasteiger partial charge >= 0.3 is 0 Å². The third kappa shape index (κ3) is 11.6. The molecule has 0 fully saturated rings. The van der Waals surface area contributed by atoms with Crippen LogP contribution in [0.2, 0.25) is 0 Å². The van der Waals surface area contributed by atoms with Crippen LogP contribution in [0.4, 0.5) is 0 Å². The molecule has 0 amide bonds. The van der Waals surface area contributed by atoms with Gasteiger partial charge in [0.25, 0.3) is 0 Å². The molecule has 30 heavy (non-hydrogen) atoms. The molecule has 4 aromatic rings. The quantitative estimate of drug-likeness (QED) is 0.405. The van der Waals surface area contributed by atoms with Gasteiger partial charge in [0.1, 0.15) is 24.7 Å². The molecular formula is C24H28O6. The number of rotatable bonds is 4. The second-order valence-corrected chi connectivity index (χ2v) is 5.76. The minimum Gasteiger partial charge on any atom is -0.467 e. The van der Waals surface area contributed by atoms with E-state index in [2.05, 4.69) is 0 Å². The van der Waals surface area contributed by atoms with E-state index in [0.717, 1.165) is 11.1 Å². The summed E-state index contributed by atoms with van der Waals surface area (Å²) in [7, 11) is 0. The van der Waals surface area contributed by atoms with Gasteiger partial charge in [0.05, 0.1) is 25.7 Å². The molecule has 6 nitrogen and oxygen atoms in total. The SMILES string of the molecule is OCc1ccccc1.OCc1ccccc1.OCc1ccco1.OCc1ccco1. The molecule has 4 N–H and O–H groups in total. The van der Waals surface area contributed by atoms with Gasteiger partial charge in [-0.05, 0) is 35.4 Å². The third-order valence-electron chi connectivity index (χ3n) is 3.52. The molecule has 0 unspecified atom stereocenters. The molecule has 160 valence electrons. The Morgan fingerprint density at radius 2 is 0.800 bits per heavy atom. The standard InChI is InChI=1S/2C7H8O.2C5H6O2/c2*8-6-7-4-2-1-3-5-7;2*6-4-5-2-1-3-7-5/h2*1-5,8H,6H2;2*1-3,6H,4H2.